The fourth-order valence-corrected chi connectivity index (χ4v) is 5.20. The van der Waals surface area contributed by atoms with Gasteiger partial charge in [-0.15, -0.1) is 0 Å². The molecule has 10 nitrogen and oxygen atoms in total. The number of aliphatic carboxylic acids is 1. The lowest BCUT2D eigenvalue weighted by molar-refractivity contribution is -0.156. The molecule has 2 aliphatic heterocycles. The van der Waals surface area contributed by atoms with E-state index < -0.39 is 43.8 Å². The van der Waals surface area contributed by atoms with Gasteiger partial charge in [-0.1, -0.05) is 0 Å². The normalized spacial score (nSPS) is 30.0. The summed E-state index contributed by atoms with van der Waals surface area (Å²) in [4.78, 5) is 39.7. The number of nitrogens with zero attached hydrogens (tertiary/aromatic N) is 3. The average Bonchev–Trinajstić information content (AvgIpc) is 2.70. The molecule has 3 rings (SSSR count). The molecule has 11 heteroatoms. The summed E-state index contributed by atoms with van der Waals surface area (Å²) >= 11 is 0. The number of pyridine rings is 1. The lowest BCUT2D eigenvalue weighted by atomic mass is 9.97. The van der Waals surface area contributed by atoms with Gasteiger partial charge < -0.3 is 10.0 Å². The van der Waals surface area contributed by atoms with E-state index in [0.717, 1.165) is 11.1 Å². The number of nitrogens with one attached hydrogen (secondary N) is 1. The number of hydrogen-bond acceptors (Lipinski definition) is 7. The summed E-state index contributed by atoms with van der Waals surface area (Å²) in [5.74, 6) is -2.60. The summed E-state index contributed by atoms with van der Waals surface area (Å²) in [7, 11) is -4.00. The lowest BCUT2D eigenvalue weighted by Crippen LogP contribution is -2.57. The van der Waals surface area contributed by atoms with Crippen LogP contribution >= 0.6 is 0 Å². The predicted molar refractivity (Wildman–Crippen MR) is 84.2 cm³/mol. The number of rotatable bonds is 4. The van der Waals surface area contributed by atoms with Crippen molar-refractivity contribution >= 4 is 33.8 Å². The van der Waals surface area contributed by atoms with Crippen molar-refractivity contribution < 1.29 is 27.9 Å². The van der Waals surface area contributed by atoms with Gasteiger partial charge in [0, 0.05) is 24.2 Å². The van der Waals surface area contributed by atoms with E-state index in [1.807, 2.05) is 0 Å². The molecule has 25 heavy (non-hydrogen) atoms. The largest absolute Gasteiger partial charge is 0.480 e. The second-order valence-corrected chi connectivity index (χ2v) is 8.38. The summed E-state index contributed by atoms with van der Waals surface area (Å²) in [5, 5.41) is 11.8. The minimum absolute atomic E-state index is 0.250. The number of carbonyl (C=O) groups excluding carboxylic acids is 2. The van der Waals surface area contributed by atoms with Gasteiger partial charge in [0.15, 0.2) is 15.9 Å². The number of fused-ring (bicyclic) bond motifs is 1. The Morgan fingerprint density at radius 1 is 1.44 bits per heavy atom. The van der Waals surface area contributed by atoms with Crippen LogP contribution in [0.4, 0.5) is 0 Å². The highest BCUT2D eigenvalue weighted by molar-refractivity contribution is 7.94. The second-order valence-electron chi connectivity index (χ2n) is 5.86. The van der Waals surface area contributed by atoms with E-state index in [2.05, 4.69) is 15.5 Å². The van der Waals surface area contributed by atoms with Crippen LogP contribution in [0, 0.1) is 0 Å². The molecule has 2 amide bonds. The Morgan fingerprint density at radius 3 is 2.64 bits per heavy atom. The molecule has 0 aliphatic carbocycles. The van der Waals surface area contributed by atoms with Gasteiger partial charge >= 0.3 is 5.97 Å². The molecule has 0 saturated carbocycles. The maximum absolute atomic E-state index is 12.6. The molecule has 3 atom stereocenters. The quantitative estimate of drug-likeness (QED) is 0.394. The number of amides is 2. The first-order valence-electron chi connectivity index (χ1n) is 7.22. The molecule has 2 aliphatic rings. The van der Waals surface area contributed by atoms with E-state index in [1.54, 1.807) is 0 Å². The number of β-lactam (4-membered cyclic amide) rings is 1. The molecule has 2 saturated heterocycles. The number of carbonyl (C=O) groups is 3. The Labute approximate surface area is 142 Å². The molecule has 1 aromatic rings. The lowest BCUT2D eigenvalue weighted by Gasteiger charge is -2.35. The van der Waals surface area contributed by atoms with Crippen molar-refractivity contribution in [2.24, 2.45) is 5.10 Å². The van der Waals surface area contributed by atoms with Crippen LogP contribution in [0.2, 0.25) is 0 Å². The smallest absolute Gasteiger partial charge is 0.328 e. The molecule has 2 fully saturated rings. The molecule has 0 aromatic carbocycles. The van der Waals surface area contributed by atoms with Gasteiger partial charge in [0.05, 0.1) is 6.42 Å². The average molecular weight is 366 g/mol. The van der Waals surface area contributed by atoms with Gasteiger partial charge in [0.25, 0.3) is 5.91 Å². The number of aromatic nitrogens is 1. The Morgan fingerprint density at radius 2 is 2.08 bits per heavy atom. The van der Waals surface area contributed by atoms with Crippen molar-refractivity contribution in [3.8, 4) is 0 Å². The SMILES string of the molecule is C[C@]1(/C=N/NC(=O)c2ccncc2)[C@H](C(=O)O)N2C(=O)C[C@H]2S1(=O)=O. The van der Waals surface area contributed by atoms with E-state index >= 15 is 0 Å². The summed E-state index contributed by atoms with van der Waals surface area (Å²) in [6.07, 6.45) is 3.42. The zero-order valence-corrected chi connectivity index (χ0v) is 13.8. The fourth-order valence-electron chi connectivity index (χ4n) is 2.99. The fraction of sp³-hybridized carbons (Fsp3) is 0.357. The Balaban J connectivity index is 1.87. The number of carboxylic acid groups (broad SMARTS) is 1. The molecular formula is C14H14N4O6S. The van der Waals surface area contributed by atoms with E-state index in [9.17, 15) is 27.9 Å². The van der Waals surface area contributed by atoms with Crippen LogP contribution in [0.25, 0.3) is 0 Å². The third-order valence-electron chi connectivity index (χ3n) is 4.40. The Hall–Kier alpha value is -2.82. The van der Waals surface area contributed by atoms with E-state index in [1.165, 1.54) is 31.5 Å². The molecule has 1 aromatic heterocycles. The van der Waals surface area contributed by atoms with E-state index in [4.69, 9.17) is 0 Å². The highest BCUT2D eigenvalue weighted by Gasteiger charge is 2.69. The van der Waals surface area contributed by atoms with Crippen molar-refractivity contribution in [1.29, 1.82) is 0 Å². The minimum Gasteiger partial charge on any atom is -0.480 e. The summed E-state index contributed by atoms with van der Waals surface area (Å²) in [6.45, 7) is 1.18. The van der Waals surface area contributed by atoms with Crippen LogP contribution in [0.1, 0.15) is 23.7 Å². The van der Waals surface area contributed by atoms with Gasteiger partial charge in [-0.25, -0.2) is 18.6 Å². The zero-order valence-electron chi connectivity index (χ0n) is 13.0. The number of sulfone groups is 1. The first-order valence-corrected chi connectivity index (χ1v) is 8.77. The molecular weight excluding hydrogens is 352 g/mol. The number of carboxylic acids is 1. The molecule has 0 unspecified atom stereocenters. The van der Waals surface area contributed by atoms with E-state index in [0.29, 0.717) is 0 Å². The summed E-state index contributed by atoms with van der Waals surface area (Å²) < 4.78 is 23.3. The maximum atomic E-state index is 12.6. The molecule has 0 radical (unpaired) electrons. The highest BCUT2D eigenvalue weighted by atomic mass is 32.2. The first kappa shape index (κ1) is 17.0. The third kappa shape index (κ3) is 2.38. The van der Waals surface area contributed by atoms with Crippen molar-refractivity contribution in [3.63, 3.8) is 0 Å². The van der Waals surface area contributed by atoms with Gasteiger partial charge in [-0.05, 0) is 19.1 Å². The third-order valence-corrected chi connectivity index (χ3v) is 7.07. The first-order chi connectivity index (χ1) is 11.7. The van der Waals surface area contributed by atoms with Crippen molar-refractivity contribution in [3.05, 3.63) is 30.1 Å². The summed E-state index contributed by atoms with van der Waals surface area (Å²) in [5.41, 5.74) is 2.40. The van der Waals surface area contributed by atoms with Gasteiger partial charge in [0.1, 0.15) is 10.1 Å². The minimum atomic E-state index is -4.00. The van der Waals surface area contributed by atoms with Crippen molar-refractivity contribution in [2.75, 3.05) is 0 Å². The van der Waals surface area contributed by atoms with Crippen molar-refractivity contribution in [2.45, 2.75) is 29.5 Å². The maximum Gasteiger partial charge on any atom is 0.328 e. The monoisotopic (exact) mass is 366 g/mol. The van der Waals surface area contributed by atoms with Gasteiger partial charge in [-0.3, -0.25) is 14.6 Å². The molecule has 0 spiro atoms. The zero-order chi connectivity index (χ0) is 18.4. The van der Waals surface area contributed by atoms with Crippen LogP contribution in [0.15, 0.2) is 29.6 Å². The topological polar surface area (TPSA) is 146 Å². The Kier molecular flexibility index (Phi) is 3.82. The molecule has 0 bridgehead atoms. The van der Waals surface area contributed by atoms with Crippen LogP contribution in [0.3, 0.4) is 0 Å². The highest BCUT2D eigenvalue weighted by Crippen LogP contribution is 2.45. The molecule has 2 N–H and O–H groups in total. The van der Waals surface area contributed by atoms with Crippen molar-refractivity contribution in [1.82, 2.24) is 15.3 Å². The van der Waals surface area contributed by atoms with Gasteiger partial charge in [0.2, 0.25) is 5.91 Å². The van der Waals surface area contributed by atoms with Crippen LogP contribution in [-0.2, 0) is 19.4 Å². The standard InChI is InChI=1S/C14H14N4O6S/c1-14(7-16-17-12(20)8-2-4-15-5-3-8)11(13(21)22)18-9(19)6-10(18)25(14,23)24/h2-5,7,10-11H,6H2,1H3,(H,17,20)(H,21,22)/b16-7+/t10-,11+,14+/m1/s1. The number of hydrogen-bond donors (Lipinski definition) is 2. The summed E-state index contributed by atoms with van der Waals surface area (Å²) in [6, 6.07) is 1.28. The second kappa shape index (κ2) is 5.62. The number of hydrazone groups is 1. The van der Waals surface area contributed by atoms with Crippen LogP contribution in [0.5, 0.6) is 0 Å². The predicted octanol–water partition coefficient (Wildman–Crippen LogP) is -1.00. The van der Waals surface area contributed by atoms with Crippen LogP contribution < -0.4 is 5.43 Å². The van der Waals surface area contributed by atoms with Crippen LogP contribution in [-0.4, -0.2) is 63.6 Å². The van der Waals surface area contributed by atoms with Gasteiger partial charge in [-0.2, -0.15) is 5.10 Å². The Bertz CT molecular complexity index is 884. The molecule has 132 valence electrons. The molecule has 3 heterocycles. The van der Waals surface area contributed by atoms with E-state index in [-0.39, 0.29) is 12.0 Å².